The van der Waals surface area contributed by atoms with Gasteiger partial charge in [-0.25, -0.2) is 0 Å². The molecule has 0 saturated carbocycles. The van der Waals surface area contributed by atoms with Gasteiger partial charge in [0, 0.05) is 5.69 Å². The van der Waals surface area contributed by atoms with Gasteiger partial charge in [-0.1, -0.05) is 58.7 Å². The molecule has 3 heteroatoms. The SMILES string of the molecule is CCC(C)c1cccc(C(C)CC)c1Oc1ccc(NS)cc1. The van der Waals surface area contributed by atoms with Crippen LogP contribution in [0, 0.1) is 0 Å². The minimum Gasteiger partial charge on any atom is -0.457 e. The van der Waals surface area contributed by atoms with Crippen molar-refractivity contribution in [2.45, 2.75) is 52.4 Å². The summed E-state index contributed by atoms with van der Waals surface area (Å²) in [5, 5.41) is 0. The molecule has 23 heavy (non-hydrogen) atoms. The van der Waals surface area contributed by atoms with Gasteiger partial charge >= 0.3 is 0 Å². The van der Waals surface area contributed by atoms with Crippen LogP contribution < -0.4 is 9.46 Å². The summed E-state index contributed by atoms with van der Waals surface area (Å²) in [6.07, 6.45) is 2.20. The lowest BCUT2D eigenvalue weighted by Gasteiger charge is -2.22. The van der Waals surface area contributed by atoms with Gasteiger partial charge < -0.3 is 9.46 Å². The Kier molecular flexibility index (Phi) is 6.40. The van der Waals surface area contributed by atoms with Crippen molar-refractivity contribution in [3.63, 3.8) is 0 Å². The molecule has 0 saturated heterocycles. The summed E-state index contributed by atoms with van der Waals surface area (Å²) in [5.41, 5.74) is 3.54. The first-order chi connectivity index (χ1) is 11.1. The number of anilines is 1. The Morgan fingerprint density at radius 1 is 0.913 bits per heavy atom. The third-order valence-electron chi connectivity index (χ3n) is 4.57. The van der Waals surface area contributed by atoms with E-state index >= 15 is 0 Å². The summed E-state index contributed by atoms with van der Waals surface area (Å²) in [5.74, 6) is 2.85. The first-order valence-corrected chi connectivity index (χ1v) is 8.86. The molecule has 0 aliphatic carbocycles. The van der Waals surface area contributed by atoms with Crippen molar-refractivity contribution in [1.29, 1.82) is 0 Å². The first kappa shape index (κ1) is 17.7. The highest BCUT2D eigenvalue weighted by Gasteiger charge is 2.18. The molecule has 2 unspecified atom stereocenters. The van der Waals surface area contributed by atoms with Crippen molar-refractivity contribution in [1.82, 2.24) is 0 Å². The van der Waals surface area contributed by atoms with E-state index in [-0.39, 0.29) is 0 Å². The molecule has 2 nitrogen and oxygen atoms in total. The van der Waals surface area contributed by atoms with Gasteiger partial charge in [0.2, 0.25) is 0 Å². The minimum absolute atomic E-state index is 0.479. The molecule has 2 aromatic rings. The normalized spacial score (nSPS) is 13.4. The molecule has 0 spiro atoms. The maximum absolute atomic E-state index is 6.33. The van der Waals surface area contributed by atoms with E-state index in [2.05, 4.69) is 63.4 Å². The zero-order valence-electron chi connectivity index (χ0n) is 14.5. The van der Waals surface area contributed by atoms with Gasteiger partial charge in [-0.15, -0.1) is 0 Å². The molecule has 124 valence electrons. The van der Waals surface area contributed by atoms with Gasteiger partial charge in [-0.3, -0.25) is 0 Å². The van der Waals surface area contributed by atoms with Gasteiger partial charge in [0.25, 0.3) is 0 Å². The van der Waals surface area contributed by atoms with Crippen molar-refractivity contribution in [2.24, 2.45) is 0 Å². The summed E-state index contributed by atoms with van der Waals surface area (Å²) in [7, 11) is 0. The van der Waals surface area contributed by atoms with Gasteiger partial charge in [-0.05, 0) is 60.1 Å². The highest BCUT2D eigenvalue weighted by molar-refractivity contribution is 7.81. The molecule has 1 N–H and O–H groups in total. The third kappa shape index (κ3) is 4.23. The molecular formula is C20H27NOS. The molecule has 0 bridgehead atoms. The Morgan fingerprint density at radius 2 is 1.43 bits per heavy atom. The standard InChI is InChI=1S/C20H27NOS/c1-5-14(3)18-8-7-9-19(15(4)6-2)20(18)22-17-12-10-16(21-23)11-13-17/h7-15,21,23H,5-6H2,1-4H3. The second-order valence-electron chi connectivity index (χ2n) is 6.12. The van der Waals surface area contributed by atoms with E-state index in [1.807, 2.05) is 24.3 Å². The summed E-state index contributed by atoms with van der Waals surface area (Å²) < 4.78 is 9.17. The third-order valence-corrected chi connectivity index (χ3v) is 4.82. The summed E-state index contributed by atoms with van der Waals surface area (Å²) in [4.78, 5) is 0. The van der Waals surface area contributed by atoms with Gasteiger partial charge in [-0.2, -0.15) is 0 Å². The van der Waals surface area contributed by atoms with Crippen molar-refractivity contribution >= 4 is 18.5 Å². The number of benzene rings is 2. The van der Waals surface area contributed by atoms with Crippen LogP contribution in [-0.4, -0.2) is 0 Å². The Bertz CT molecular complexity index is 596. The largest absolute Gasteiger partial charge is 0.457 e. The van der Waals surface area contributed by atoms with Crippen LogP contribution in [0.2, 0.25) is 0 Å². The van der Waals surface area contributed by atoms with E-state index in [1.165, 1.54) is 11.1 Å². The van der Waals surface area contributed by atoms with E-state index in [4.69, 9.17) is 4.74 Å². The van der Waals surface area contributed by atoms with E-state index in [9.17, 15) is 0 Å². The lowest BCUT2D eigenvalue weighted by atomic mass is 9.90. The predicted octanol–water partition coefficient (Wildman–Crippen LogP) is 6.76. The van der Waals surface area contributed by atoms with Crippen molar-refractivity contribution in [2.75, 3.05) is 4.72 Å². The van der Waals surface area contributed by atoms with Crippen LogP contribution in [0.15, 0.2) is 42.5 Å². The van der Waals surface area contributed by atoms with Crippen molar-refractivity contribution < 1.29 is 4.74 Å². The van der Waals surface area contributed by atoms with Gasteiger partial charge in [0.05, 0.1) is 0 Å². The van der Waals surface area contributed by atoms with Crippen LogP contribution in [0.1, 0.15) is 63.5 Å². The lowest BCUT2D eigenvalue weighted by Crippen LogP contribution is -2.02. The fourth-order valence-electron chi connectivity index (χ4n) is 2.62. The number of thiol groups is 1. The van der Waals surface area contributed by atoms with E-state index in [0.29, 0.717) is 11.8 Å². The summed E-state index contributed by atoms with van der Waals surface area (Å²) >= 11 is 4.06. The number of nitrogens with one attached hydrogen (secondary N) is 1. The van der Waals surface area contributed by atoms with Crippen LogP contribution in [0.5, 0.6) is 11.5 Å². The fraction of sp³-hybridized carbons (Fsp3) is 0.400. The second-order valence-corrected chi connectivity index (χ2v) is 6.35. The monoisotopic (exact) mass is 329 g/mol. The Balaban J connectivity index is 2.43. The highest BCUT2D eigenvalue weighted by Crippen LogP contribution is 2.39. The molecular weight excluding hydrogens is 302 g/mol. The van der Waals surface area contributed by atoms with Crippen LogP contribution >= 0.6 is 12.8 Å². The summed E-state index contributed by atoms with van der Waals surface area (Å²) in [6.45, 7) is 8.96. The molecule has 0 heterocycles. The number of hydrogen-bond donors (Lipinski definition) is 2. The molecule has 0 radical (unpaired) electrons. The summed E-state index contributed by atoms with van der Waals surface area (Å²) in [6, 6.07) is 14.4. The van der Waals surface area contributed by atoms with Crippen LogP contribution in [0.4, 0.5) is 5.69 Å². The topological polar surface area (TPSA) is 21.3 Å². The molecule has 2 atom stereocenters. The molecule has 2 rings (SSSR count). The molecule has 0 fully saturated rings. The Morgan fingerprint density at radius 3 is 1.87 bits per heavy atom. The molecule has 0 amide bonds. The second kappa shape index (κ2) is 8.30. The van der Waals surface area contributed by atoms with Gasteiger partial charge in [0.1, 0.15) is 11.5 Å². The number of hydrogen-bond acceptors (Lipinski definition) is 3. The maximum Gasteiger partial charge on any atom is 0.134 e. The van der Waals surface area contributed by atoms with Crippen LogP contribution in [-0.2, 0) is 0 Å². The Hall–Kier alpha value is -1.61. The van der Waals surface area contributed by atoms with E-state index < -0.39 is 0 Å². The van der Waals surface area contributed by atoms with Gasteiger partial charge in [0.15, 0.2) is 0 Å². The number of para-hydroxylation sites is 1. The van der Waals surface area contributed by atoms with Crippen molar-refractivity contribution in [3.8, 4) is 11.5 Å². The molecule has 2 aromatic carbocycles. The van der Waals surface area contributed by atoms with E-state index in [1.54, 1.807) is 0 Å². The lowest BCUT2D eigenvalue weighted by molar-refractivity contribution is 0.458. The van der Waals surface area contributed by atoms with Crippen molar-refractivity contribution in [3.05, 3.63) is 53.6 Å². The first-order valence-electron chi connectivity index (χ1n) is 8.41. The smallest absolute Gasteiger partial charge is 0.134 e. The average molecular weight is 330 g/mol. The average Bonchev–Trinajstić information content (AvgIpc) is 2.61. The number of ether oxygens (including phenoxy) is 1. The quantitative estimate of drug-likeness (QED) is 0.547. The highest BCUT2D eigenvalue weighted by atomic mass is 32.1. The molecule has 0 aromatic heterocycles. The minimum atomic E-state index is 0.479. The maximum atomic E-state index is 6.33. The van der Waals surface area contributed by atoms with Crippen LogP contribution in [0.3, 0.4) is 0 Å². The molecule has 0 aliphatic heterocycles. The fourth-order valence-corrected chi connectivity index (χ4v) is 2.77. The molecule has 0 aliphatic rings. The van der Waals surface area contributed by atoms with Crippen LogP contribution in [0.25, 0.3) is 0 Å². The zero-order valence-corrected chi connectivity index (χ0v) is 15.4. The Labute approximate surface area is 145 Å². The predicted molar refractivity (Wildman–Crippen MR) is 103 cm³/mol. The van der Waals surface area contributed by atoms with E-state index in [0.717, 1.165) is 30.0 Å². The zero-order chi connectivity index (χ0) is 16.8. The number of rotatable bonds is 7.